The largest absolute Gasteiger partial charge is 0.496 e. The third-order valence-corrected chi connectivity index (χ3v) is 4.15. The van der Waals surface area contributed by atoms with Crippen molar-refractivity contribution >= 4 is 23.2 Å². The van der Waals surface area contributed by atoms with Gasteiger partial charge in [0, 0.05) is 16.1 Å². The summed E-state index contributed by atoms with van der Waals surface area (Å²) in [6.45, 7) is 2.05. The molecule has 0 aliphatic carbocycles. The predicted octanol–water partition coefficient (Wildman–Crippen LogP) is 4.42. The van der Waals surface area contributed by atoms with Crippen molar-refractivity contribution in [2.75, 3.05) is 7.11 Å². The molecule has 2 aromatic carbocycles. The highest BCUT2D eigenvalue weighted by molar-refractivity contribution is 6.36. The highest BCUT2D eigenvalue weighted by Gasteiger charge is 2.13. The molecule has 0 saturated heterocycles. The molecular weight excluding hydrogens is 305 g/mol. The van der Waals surface area contributed by atoms with Crippen molar-refractivity contribution in [3.63, 3.8) is 0 Å². The fourth-order valence-electron chi connectivity index (χ4n) is 2.41. The average Bonchev–Trinajstić information content (AvgIpc) is 2.43. The van der Waals surface area contributed by atoms with Crippen molar-refractivity contribution in [2.45, 2.75) is 25.8 Å². The average molecular weight is 324 g/mol. The van der Waals surface area contributed by atoms with E-state index >= 15 is 0 Å². The van der Waals surface area contributed by atoms with Gasteiger partial charge in [0.25, 0.3) is 0 Å². The van der Waals surface area contributed by atoms with Crippen LogP contribution in [0.5, 0.6) is 5.75 Å². The van der Waals surface area contributed by atoms with Crippen LogP contribution in [0.4, 0.5) is 0 Å². The minimum Gasteiger partial charge on any atom is -0.496 e. The molecule has 2 N–H and O–H groups in total. The molecule has 0 aromatic heterocycles. The zero-order valence-electron chi connectivity index (χ0n) is 12.2. The summed E-state index contributed by atoms with van der Waals surface area (Å²) in [7, 11) is 1.67. The predicted molar refractivity (Wildman–Crippen MR) is 89.6 cm³/mol. The van der Waals surface area contributed by atoms with Gasteiger partial charge < -0.3 is 10.5 Å². The van der Waals surface area contributed by atoms with Crippen molar-refractivity contribution in [1.82, 2.24) is 0 Å². The lowest BCUT2D eigenvalue weighted by Crippen LogP contribution is -2.26. The topological polar surface area (TPSA) is 35.2 Å². The Bertz CT molecular complexity index is 608. The number of ether oxygens (including phenoxy) is 1. The van der Waals surface area contributed by atoms with Gasteiger partial charge in [-0.25, -0.2) is 0 Å². The van der Waals surface area contributed by atoms with E-state index in [0.29, 0.717) is 22.9 Å². The summed E-state index contributed by atoms with van der Waals surface area (Å²) in [6.07, 6.45) is 1.35. The third-order valence-electron chi connectivity index (χ3n) is 3.45. The lowest BCUT2D eigenvalue weighted by Gasteiger charge is -2.16. The summed E-state index contributed by atoms with van der Waals surface area (Å²) in [5.41, 5.74) is 9.47. The van der Waals surface area contributed by atoms with E-state index in [0.717, 1.165) is 16.9 Å². The highest BCUT2D eigenvalue weighted by atomic mass is 35.5. The van der Waals surface area contributed by atoms with E-state index in [2.05, 4.69) is 13.0 Å². The zero-order valence-corrected chi connectivity index (χ0v) is 13.7. The molecule has 2 rings (SSSR count). The molecule has 1 unspecified atom stereocenters. The molecular formula is C17H19Cl2NO. The second-order valence-corrected chi connectivity index (χ2v) is 6.00. The molecule has 2 nitrogen and oxygen atoms in total. The van der Waals surface area contributed by atoms with Crippen LogP contribution in [-0.2, 0) is 12.8 Å². The summed E-state index contributed by atoms with van der Waals surface area (Å²) >= 11 is 12.4. The third kappa shape index (κ3) is 4.13. The van der Waals surface area contributed by atoms with Gasteiger partial charge in [-0.3, -0.25) is 0 Å². The van der Waals surface area contributed by atoms with Crippen molar-refractivity contribution in [3.05, 3.63) is 63.1 Å². The maximum absolute atomic E-state index is 6.28. The smallest absolute Gasteiger partial charge is 0.122 e. The number of halogens is 2. The normalized spacial score (nSPS) is 12.2. The fourth-order valence-corrected chi connectivity index (χ4v) is 2.96. The van der Waals surface area contributed by atoms with Gasteiger partial charge in [0.2, 0.25) is 0 Å². The molecule has 0 heterocycles. The Kier molecular flexibility index (Phi) is 5.51. The Balaban J connectivity index is 2.15. The van der Waals surface area contributed by atoms with Crippen molar-refractivity contribution < 1.29 is 4.74 Å². The van der Waals surface area contributed by atoms with Gasteiger partial charge in [0.1, 0.15) is 5.75 Å². The molecule has 4 heteroatoms. The minimum absolute atomic E-state index is 0.0712. The molecule has 1 atom stereocenters. The molecule has 0 saturated carbocycles. The van der Waals surface area contributed by atoms with Gasteiger partial charge in [-0.05, 0) is 49.1 Å². The van der Waals surface area contributed by atoms with Gasteiger partial charge in [-0.15, -0.1) is 0 Å². The quantitative estimate of drug-likeness (QED) is 0.883. The van der Waals surface area contributed by atoms with Crippen LogP contribution < -0.4 is 10.5 Å². The lowest BCUT2D eigenvalue weighted by atomic mass is 9.98. The molecule has 0 aliphatic heterocycles. The van der Waals surface area contributed by atoms with Gasteiger partial charge in [-0.1, -0.05) is 47.0 Å². The second-order valence-electron chi connectivity index (χ2n) is 5.18. The number of rotatable bonds is 5. The van der Waals surface area contributed by atoms with Crippen LogP contribution in [0.3, 0.4) is 0 Å². The zero-order chi connectivity index (χ0) is 15.4. The van der Waals surface area contributed by atoms with Crippen molar-refractivity contribution in [1.29, 1.82) is 0 Å². The first-order valence-electron chi connectivity index (χ1n) is 6.83. The van der Waals surface area contributed by atoms with Crippen molar-refractivity contribution in [2.24, 2.45) is 5.73 Å². The summed E-state index contributed by atoms with van der Waals surface area (Å²) in [5.74, 6) is 0.862. The molecule has 0 spiro atoms. The van der Waals surface area contributed by atoms with E-state index in [4.69, 9.17) is 33.7 Å². The first-order chi connectivity index (χ1) is 10.0. The van der Waals surface area contributed by atoms with E-state index in [1.54, 1.807) is 7.11 Å². The van der Waals surface area contributed by atoms with Crippen LogP contribution in [0.1, 0.15) is 16.7 Å². The Morgan fingerprint density at radius 2 is 1.76 bits per heavy atom. The Morgan fingerprint density at radius 1 is 1.10 bits per heavy atom. The molecule has 2 aromatic rings. The number of nitrogens with two attached hydrogens (primary N) is 1. The molecule has 21 heavy (non-hydrogen) atoms. The van der Waals surface area contributed by atoms with Crippen LogP contribution in [0.15, 0.2) is 36.4 Å². The Labute approximate surface area is 135 Å². The first kappa shape index (κ1) is 16.2. The summed E-state index contributed by atoms with van der Waals surface area (Å²) in [4.78, 5) is 0. The Morgan fingerprint density at radius 3 is 2.38 bits per heavy atom. The summed E-state index contributed by atoms with van der Waals surface area (Å²) in [6, 6.07) is 11.5. The lowest BCUT2D eigenvalue weighted by molar-refractivity contribution is 0.407. The van der Waals surface area contributed by atoms with Crippen LogP contribution in [0.2, 0.25) is 10.0 Å². The summed E-state index contributed by atoms with van der Waals surface area (Å²) < 4.78 is 5.39. The van der Waals surface area contributed by atoms with Crippen LogP contribution in [0, 0.1) is 6.92 Å². The van der Waals surface area contributed by atoms with Crippen LogP contribution in [-0.4, -0.2) is 13.2 Å². The molecule has 0 amide bonds. The van der Waals surface area contributed by atoms with Crippen LogP contribution in [0.25, 0.3) is 0 Å². The number of benzene rings is 2. The number of hydrogen-bond donors (Lipinski definition) is 1. The van der Waals surface area contributed by atoms with E-state index in [-0.39, 0.29) is 6.04 Å². The first-order valence-corrected chi connectivity index (χ1v) is 7.59. The molecule has 0 aliphatic rings. The molecule has 0 bridgehead atoms. The van der Waals surface area contributed by atoms with Crippen LogP contribution >= 0.6 is 23.2 Å². The van der Waals surface area contributed by atoms with Gasteiger partial charge in [0.05, 0.1) is 7.11 Å². The molecule has 0 fully saturated rings. The number of aryl methyl sites for hydroxylation is 1. The highest BCUT2D eigenvalue weighted by Crippen LogP contribution is 2.27. The number of methoxy groups -OCH3 is 1. The standard InChI is InChI=1S/C17H19Cl2NO/c1-11-6-7-17(21-2)12(8-11)9-13(20)10-14-15(18)4-3-5-16(14)19/h3-8,13H,9-10,20H2,1-2H3. The fraction of sp³-hybridized carbons (Fsp3) is 0.294. The van der Waals surface area contributed by atoms with E-state index in [9.17, 15) is 0 Å². The summed E-state index contributed by atoms with van der Waals surface area (Å²) in [5, 5.41) is 1.32. The second kappa shape index (κ2) is 7.17. The van der Waals surface area contributed by atoms with E-state index < -0.39 is 0 Å². The van der Waals surface area contributed by atoms with Crippen molar-refractivity contribution in [3.8, 4) is 5.75 Å². The Hall–Kier alpha value is -1.22. The van der Waals surface area contributed by atoms with Gasteiger partial charge in [-0.2, -0.15) is 0 Å². The maximum Gasteiger partial charge on any atom is 0.122 e. The van der Waals surface area contributed by atoms with E-state index in [1.807, 2.05) is 30.3 Å². The molecule has 0 radical (unpaired) electrons. The number of hydrogen-bond acceptors (Lipinski definition) is 2. The van der Waals surface area contributed by atoms with Gasteiger partial charge >= 0.3 is 0 Å². The van der Waals surface area contributed by atoms with E-state index in [1.165, 1.54) is 5.56 Å². The monoisotopic (exact) mass is 323 g/mol. The minimum atomic E-state index is -0.0712. The maximum atomic E-state index is 6.28. The van der Waals surface area contributed by atoms with Gasteiger partial charge in [0.15, 0.2) is 0 Å². The SMILES string of the molecule is COc1ccc(C)cc1CC(N)Cc1c(Cl)cccc1Cl. The molecule has 112 valence electrons.